The van der Waals surface area contributed by atoms with E-state index in [1.54, 1.807) is 24.3 Å². The first kappa shape index (κ1) is 21.6. The molecule has 0 aromatic heterocycles. The van der Waals surface area contributed by atoms with E-state index in [0.717, 1.165) is 11.3 Å². The van der Waals surface area contributed by atoms with Crippen molar-refractivity contribution in [2.45, 2.75) is 16.9 Å². The number of aryl methyl sites for hydroxylation is 1. The number of hydrogen-bond acceptors (Lipinski definition) is 3. The topological polar surface area (TPSA) is 62.4 Å². The van der Waals surface area contributed by atoms with Crippen molar-refractivity contribution in [2.75, 3.05) is 12.4 Å². The molecule has 1 unspecified atom stereocenters. The Hall–Kier alpha value is -1.73. The molecule has 3 N–H and O–H groups in total. The summed E-state index contributed by atoms with van der Waals surface area (Å²) in [6.07, 6.45) is -1.08. The van der Waals surface area contributed by atoms with Gasteiger partial charge in [-0.2, -0.15) is 0 Å². The molecule has 0 heterocycles. The number of hydrogen-bond donors (Lipinski definition) is 3. The maximum atomic E-state index is 12.6. The van der Waals surface area contributed by atoms with Crippen molar-refractivity contribution in [2.24, 2.45) is 0 Å². The molecule has 0 spiro atoms. The van der Waals surface area contributed by atoms with Crippen LogP contribution < -0.4 is 20.7 Å². The Kier molecular flexibility index (Phi) is 7.56. The summed E-state index contributed by atoms with van der Waals surface area (Å²) in [5.74, 6) is -0.0753. The van der Waals surface area contributed by atoms with Crippen LogP contribution in [0.5, 0.6) is 5.75 Å². The molecule has 0 saturated heterocycles. The average Bonchev–Trinajstić information content (AvgIpc) is 2.62. The van der Waals surface area contributed by atoms with Gasteiger partial charge in [-0.3, -0.25) is 4.79 Å². The number of methoxy groups -OCH3 is 1. The summed E-state index contributed by atoms with van der Waals surface area (Å²) < 4.78 is 3.34. The molecule has 1 amide bonds. The van der Waals surface area contributed by atoms with Gasteiger partial charge < -0.3 is 20.7 Å². The molecule has 9 heteroatoms. The molecule has 2 rings (SSSR count). The zero-order valence-electron chi connectivity index (χ0n) is 14.6. The summed E-state index contributed by atoms with van der Waals surface area (Å²) in [6.45, 7) is 1.93. The van der Waals surface area contributed by atoms with Gasteiger partial charge in [-0.15, -0.1) is 0 Å². The molecule has 2 aromatic rings. The second kappa shape index (κ2) is 9.46. The van der Waals surface area contributed by atoms with E-state index in [4.69, 9.17) is 51.8 Å². The predicted octanol–water partition coefficient (Wildman–Crippen LogP) is 4.42. The first-order valence-corrected chi connectivity index (χ1v) is 9.40. The minimum Gasteiger partial charge on any atom is -0.496 e. The number of halogens is 3. The summed E-state index contributed by atoms with van der Waals surface area (Å²) in [5, 5.41) is 8.66. The smallest absolute Gasteiger partial charge is 0.256 e. The van der Waals surface area contributed by atoms with Crippen LogP contribution in [0.2, 0.25) is 0 Å². The quantitative estimate of drug-likeness (QED) is 0.361. The molecule has 0 radical (unpaired) electrons. The van der Waals surface area contributed by atoms with Crippen molar-refractivity contribution in [3.63, 3.8) is 0 Å². The average molecular weight is 447 g/mol. The maximum Gasteiger partial charge on any atom is 0.256 e. The van der Waals surface area contributed by atoms with Gasteiger partial charge in [0, 0.05) is 5.69 Å². The fraction of sp³-hybridized carbons (Fsp3) is 0.222. The number of carbonyl (C=O) groups excluding carboxylic acids is 1. The summed E-state index contributed by atoms with van der Waals surface area (Å²) in [6, 6.07) is 14.3. The normalized spacial score (nSPS) is 12.0. The Morgan fingerprint density at radius 3 is 2.33 bits per heavy atom. The fourth-order valence-corrected chi connectivity index (χ4v) is 2.80. The van der Waals surface area contributed by atoms with E-state index >= 15 is 0 Å². The van der Waals surface area contributed by atoms with Crippen LogP contribution in [0.25, 0.3) is 0 Å². The Bertz CT molecular complexity index is 827. The molecule has 1 atom stereocenters. The number of alkyl halides is 3. The zero-order valence-corrected chi connectivity index (χ0v) is 17.6. The molecule has 0 fully saturated rings. The van der Waals surface area contributed by atoms with Crippen LogP contribution in [0.1, 0.15) is 15.9 Å². The number of thiocarbonyl (C=S) groups is 1. The molecule has 0 bridgehead atoms. The van der Waals surface area contributed by atoms with E-state index in [9.17, 15) is 4.79 Å². The molecule has 144 valence electrons. The number of para-hydroxylation sites is 2. The minimum atomic E-state index is -1.85. The van der Waals surface area contributed by atoms with Crippen molar-refractivity contribution in [3.8, 4) is 5.75 Å². The van der Waals surface area contributed by atoms with Crippen LogP contribution >= 0.6 is 47.0 Å². The summed E-state index contributed by atoms with van der Waals surface area (Å²) in [7, 11) is 1.47. The number of ether oxygens (including phenoxy) is 1. The Morgan fingerprint density at radius 1 is 1.07 bits per heavy atom. The number of benzene rings is 2. The maximum absolute atomic E-state index is 12.6. The zero-order chi connectivity index (χ0) is 20.0. The lowest BCUT2D eigenvalue weighted by Crippen LogP contribution is -2.56. The third-order valence-corrected chi connectivity index (χ3v) is 4.50. The van der Waals surface area contributed by atoms with Crippen molar-refractivity contribution in [1.29, 1.82) is 0 Å². The van der Waals surface area contributed by atoms with Crippen molar-refractivity contribution in [1.82, 2.24) is 10.6 Å². The van der Waals surface area contributed by atoms with Gasteiger partial charge in [-0.25, -0.2) is 0 Å². The van der Waals surface area contributed by atoms with Crippen LogP contribution in [-0.2, 0) is 0 Å². The van der Waals surface area contributed by atoms with Crippen LogP contribution in [0, 0.1) is 6.92 Å². The van der Waals surface area contributed by atoms with Crippen molar-refractivity contribution >= 4 is 63.7 Å². The lowest BCUT2D eigenvalue weighted by molar-refractivity contribution is 0.0931. The van der Waals surface area contributed by atoms with Crippen LogP contribution in [-0.4, -0.2) is 28.1 Å². The van der Waals surface area contributed by atoms with Crippen molar-refractivity contribution in [3.05, 3.63) is 59.7 Å². The first-order chi connectivity index (χ1) is 12.7. The third-order valence-electron chi connectivity index (χ3n) is 3.62. The van der Waals surface area contributed by atoms with Gasteiger partial charge in [-0.1, -0.05) is 65.1 Å². The number of anilines is 1. The largest absolute Gasteiger partial charge is 0.496 e. The second-order valence-corrected chi connectivity index (χ2v) is 8.34. The van der Waals surface area contributed by atoms with Gasteiger partial charge in [0.15, 0.2) is 5.11 Å². The molecule has 0 aliphatic heterocycles. The van der Waals surface area contributed by atoms with Gasteiger partial charge in [0.25, 0.3) is 5.91 Å². The van der Waals surface area contributed by atoms with Crippen LogP contribution in [0.15, 0.2) is 48.5 Å². The van der Waals surface area contributed by atoms with Gasteiger partial charge >= 0.3 is 0 Å². The van der Waals surface area contributed by atoms with E-state index in [1.165, 1.54) is 7.11 Å². The number of amides is 1. The summed E-state index contributed by atoms with van der Waals surface area (Å²) in [5.41, 5.74) is 2.10. The Morgan fingerprint density at radius 2 is 1.70 bits per heavy atom. The molecular weight excluding hydrogens is 429 g/mol. The van der Waals surface area contributed by atoms with E-state index in [1.807, 2.05) is 31.2 Å². The Balaban J connectivity index is 2.12. The third kappa shape index (κ3) is 6.14. The van der Waals surface area contributed by atoms with Crippen LogP contribution in [0.4, 0.5) is 5.69 Å². The monoisotopic (exact) mass is 445 g/mol. The molecule has 0 aliphatic rings. The number of rotatable bonds is 5. The molecule has 5 nitrogen and oxygen atoms in total. The number of carbonyl (C=O) groups is 1. The highest BCUT2D eigenvalue weighted by molar-refractivity contribution is 7.80. The molecule has 27 heavy (non-hydrogen) atoms. The minimum absolute atomic E-state index is 0.195. The fourth-order valence-electron chi connectivity index (χ4n) is 2.24. The van der Waals surface area contributed by atoms with E-state index < -0.39 is 15.9 Å². The van der Waals surface area contributed by atoms with Crippen LogP contribution in [0.3, 0.4) is 0 Å². The highest BCUT2D eigenvalue weighted by Crippen LogP contribution is 2.30. The Labute approximate surface area is 178 Å². The summed E-state index contributed by atoms with van der Waals surface area (Å²) >= 11 is 23.3. The van der Waals surface area contributed by atoms with E-state index in [-0.39, 0.29) is 5.11 Å². The SMILES string of the molecule is COc1ccccc1C(=O)NC(NC(=S)Nc1ccccc1C)C(Cl)(Cl)Cl. The van der Waals surface area contributed by atoms with Gasteiger partial charge in [0.05, 0.1) is 12.7 Å². The predicted molar refractivity (Wildman–Crippen MR) is 115 cm³/mol. The molecule has 2 aromatic carbocycles. The van der Waals surface area contributed by atoms with E-state index in [0.29, 0.717) is 11.3 Å². The molecule has 0 saturated carbocycles. The summed E-state index contributed by atoms with van der Waals surface area (Å²) in [4.78, 5) is 12.6. The molecular formula is C18H18Cl3N3O2S. The lowest BCUT2D eigenvalue weighted by Gasteiger charge is -2.28. The van der Waals surface area contributed by atoms with E-state index in [2.05, 4.69) is 16.0 Å². The standard InChI is InChI=1S/C18H18Cl3N3O2S/c1-11-7-3-5-9-13(11)22-17(27)24-16(18(19,20)21)23-15(25)12-8-4-6-10-14(12)26-2/h3-10,16H,1-2H3,(H,23,25)(H2,22,24,27). The van der Waals surface area contributed by atoms with Gasteiger partial charge in [0.1, 0.15) is 11.9 Å². The molecule has 0 aliphatic carbocycles. The number of nitrogens with one attached hydrogen (secondary N) is 3. The van der Waals surface area contributed by atoms with Gasteiger partial charge in [-0.05, 0) is 42.9 Å². The second-order valence-electron chi connectivity index (χ2n) is 5.56. The highest BCUT2D eigenvalue weighted by atomic mass is 35.6. The highest BCUT2D eigenvalue weighted by Gasteiger charge is 2.35. The van der Waals surface area contributed by atoms with Crippen molar-refractivity contribution < 1.29 is 9.53 Å². The van der Waals surface area contributed by atoms with Gasteiger partial charge in [0.2, 0.25) is 3.79 Å². The first-order valence-electron chi connectivity index (χ1n) is 7.86. The lowest BCUT2D eigenvalue weighted by atomic mass is 10.2.